The molecule has 1 aliphatic rings. The number of hydrogen-bond acceptors (Lipinski definition) is 4. The van der Waals surface area contributed by atoms with Gasteiger partial charge in [-0.3, -0.25) is 4.84 Å². The van der Waals surface area contributed by atoms with Gasteiger partial charge in [0, 0.05) is 20.2 Å². The van der Waals surface area contributed by atoms with Crippen LogP contribution in [-0.4, -0.2) is 49.6 Å². The van der Waals surface area contributed by atoms with E-state index in [2.05, 4.69) is 18.9 Å². The molecule has 108 valence electrons. The molecule has 0 aliphatic carbocycles. The van der Waals surface area contributed by atoms with Gasteiger partial charge < -0.3 is 4.74 Å². The Morgan fingerprint density at radius 1 is 1.32 bits per heavy atom. The SMILES string of the molecule is CCN(CC)N1OCC1COC.Fc1ccccc1. The van der Waals surface area contributed by atoms with Crippen LogP contribution in [-0.2, 0) is 9.57 Å². The van der Waals surface area contributed by atoms with E-state index in [0.29, 0.717) is 6.04 Å². The Morgan fingerprint density at radius 2 is 1.95 bits per heavy atom. The van der Waals surface area contributed by atoms with E-state index in [1.54, 1.807) is 25.3 Å². The first-order valence-electron chi connectivity index (χ1n) is 6.59. The fourth-order valence-electron chi connectivity index (χ4n) is 1.78. The van der Waals surface area contributed by atoms with Gasteiger partial charge in [0.2, 0.25) is 0 Å². The van der Waals surface area contributed by atoms with E-state index >= 15 is 0 Å². The molecule has 0 saturated carbocycles. The van der Waals surface area contributed by atoms with Crippen LogP contribution in [0, 0.1) is 5.82 Å². The number of benzene rings is 1. The normalized spacial score (nSPS) is 18.7. The Morgan fingerprint density at radius 3 is 2.26 bits per heavy atom. The molecule has 0 aromatic heterocycles. The van der Waals surface area contributed by atoms with Crippen LogP contribution in [0.5, 0.6) is 0 Å². The molecule has 19 heavy (non-hydrogen) atoms. The van der Waals surface area contributed by atoms with Crippen molar-refractivity contribution in [2.45, 2.75) is 19.9 Å². The third-order valence-corrected chi connectivity index (χ3v) is 2.81. The lowest BCUT2D eigenvalue weighted by atomic mass is 10.3. The molecule has 0 radical (unpaired) electrons. The molecule has 0 amide bonds. The van der Waals surface area contributed by atoms with Crippen LogP contribution in [0.2, 0.25) is 0 Å². The molecule has 1 heterocycles. The molecular formula is C14H23FN2O2. The van der Waals surface area contributed by atoms with Crippen molar-refractivity contribution in [2.75, 3.05) is 33.4 Å². The zero-order chi connectivity index (χ0) is 14.1. The quantitative estimate of drug-likeness (QED) is 0.820. The maximum absolute atomic E-state index is 11.9. The summed E-state index contributed by atoms with van der Waals surface area (Å²) in [6.45, 7) is 7.73. The first-order chi connectivity index (χ1) is 9.22. The summed E-state index contributed by atoms with van der Waals surface area (Å²) in [6, 6.07) is 8.35. The van der Waals surface area contributed by atoms with Crippen LogP contribution in [0.3, 0.4) is 0 Å². The molecule has 2 rings (SSSR count). The first kappa shape index (κ1) is 16.0. The van der Waals surface area contributed by atoms with E-state index in [4.69, 9.17) is 9.57 Å². The predicted molar refractivity (Wildman–Crippen MR) is 72.8 cm³/mol. The number of hydrazine groups is 1. The van der Waals surface area contributed by atoms with Crippen molar-refractivity contribution >= 4 is 0 Å². The Labute approximate surface area is 114 Å². The zero-order valence-electron chi connectivity index (χ0n) is 11.9. The second-order valence-corrected chi connectivity index (χ2v) is 4.14. The number of hydrogen-bond donors (Lipinski definition) is 0. The molecule has 0 spiro atoms. The lowest BCUT2D eigenvalue weighted by Crippen LogP contribution is -2.60. The number of rotatable bonds is 5. The van der Waals surface area contributed by atoms with Crippen molar-refractivity contribution in [3.8, 4) is 0 Å². The molecule has 1 saturated heterocycles. The number of ether oxygens (including phenoxy) is 1. The van der Waals surface area contributed by atoms with Crippen LogP contribution in [0.15, 0.2) is 30.3 Å². The second kappa shape index (κ2) is 8.98. The van der Waals surface area contributed by atoms with Crippen molar-refractivity contribution in [2.24, 2.45) is 0 Å². The molecule has 1 aliphatic heterocycles. The highest BCUT2D eigenvalue weighted by molar-refractivity contribution is 5.02. The Bertz CT molecular complexity index is 333. The summed E-state index contributed by atoms with van der Waals surface area (Å²) < 4.78 is 17.0. The van der Waals surface area contributed by atoms with E-state index in [0.717, 1.165) is 26.3 Å². The van der Waals surface area contributed by atoms with Crippen molar-refractivity contribution in [1.29, 1.82) is 0 Å². The number of nitrogens with zero attached hydrogens (tertiary/aromatic N) is 2. The third-order valence-electron chi connectivity index (χ3n) is 2.81. The standard InChI is InChI=1S/C8H18N2O2.C6H5F/c1-4-9(5-2)10-8(6-11-3)7-12-10;7-6-4-2-1-3-5-6/h8H,4-7H2,1-3H3;1-5H. The van der Waals surface area contributed by atoms with Gasteiger partial charge in [0.25, 0.3) is 0 Å². The van der Waals surface area contributed by atoms with Crippen molar-refractivity contribution in [1.82, 2.24) is 10.2 Å². The second-order valence-electron chi connectivity index (χ2n) is 4.14. The predicted octanol–water partition coefficient (Wildman–Crippen LogP) is 2.33. The Hall–Kier alpha value is -1.01. The van der Waals surface area contributed by atoms with Crippen LogP contribution < -0.4 is 0 Å². The number of halogens is 1. The smallest absolute Gasteiger partial charge is 0.123 e. The third kappa shape index (κ3) is 5.24. The average molecular weight is 270 g/mol. The van der Waals surface area contributed by atoms with Gasteiger partial charge in [-0.15, -0.1) is 5.17 Å². The number of hydroxylamine groups is 1. The fraction of sp³-hybridized carbons (Fsp3) is 0.571. The molecule has 4 nitrogen and oxygen atoms in total. The molecule has 1 aromatic rings. The van der Waals surface area contributed by atoms with Gasteiger partial charge in [0.05, 0.1) is 13.2 Å². The highest BCUT2D eigenvalue weighted by atomic mass is 19.1. The van der Waals surface area contributed by atoms with E-state index in [-0.39, 0.29) is 5.82 Å². The van der Waals surface area contributed by atoms with Gasteiger partial charge in [-0.05, 0) is 12.1 Å². The summed E-state index contributed by atoms with van der Waals surface area (Å²) >= 11 is 0. The van der Waals surface area contributed by atoms with Gasteiger partial charge in [-0.2, -0.15) is 0 Å². The van der Waals surface area contributed by atoms with E-state index < -0.39 is 0 Å². The highest BCUT2D eigenvalue weighted by Crippen LogP contribution is 2.16. The van der Waals surface area contributed by atoms with Crippen LogP contribution >= 0.6 is 0 Å². The van der Waals surface area contributed by atoms with Gasteiger partial charge in [-0.25, -0.2) is 9.40 Å². The molecule has 0 bridgehead atoms. The topological polar surface area (TPSA) is 24.9 Å². The summed E-state index contributed by atoms with van der Waals surface area (Å²) in [6.07, 6.45) is 0. The largest absolute Gasteiger partial charge is 0.383 e. The van der Waals surface area contributed by atoms with Crippen molar-refractivity contribution < 1.29 is 14.0 Å². The summed E-state index contributed by atoms with van der Waals surface area (Å²) in [4.78, 5) is 5.32. The summed E-state index contributed by atoms with van der Waals surface area (Å²) in [5.74, 6) is -0.178. The van der Waals surface area contributed by atoms with Gasteiger partial charge >= 0.3 is 0 Å². The molecule has 0 N–H and O–H groups in total. The monoisotopic (exact) mass is 270 g/mol. The summed E-state index contributed by atoms with van der Waals surface area (Å²) in [7, 11) is 1.72. The molecule has 1 unspecified atom stereocenters. The minimum atomic E-state index is -0.178. The molecule has 5 heteroatoms. The maximum Gasteiger partial charge on any atom is 0.123 e. The van der Waals surface area contributed by atoms with Gasteiger partial charge in [0.15, 0.2) is 0 Å². The van der Waals surface area contributed by atoms with E-state index in [1.165, 1.54) is 12.1 Å². The Kier molecular flexibility index (Phi) is 7.59. The summed E-state index contributed by atoms with van der Waals surface area (Å²) in [5.41, 5.74) is 0. The fourth-order valence-corrected chi connectivity index (χ4v) is 1.78. The van der Waals surface area contributed by atoms with Crippen LogP contribution in [0.25, 0.3) is 0 Å². The molecule has 1 fully saturated rings. The Balaban J connectivity index is 0.000000218. The lowest BCUT2D eigenvalue weighted by Gasteiger charge is -2.45. The van der Waals surface area contributed by atoms with Crippen LogP contribution in [0.4, 0.5) is 4.39 Å². The van der Waals surface area contributed by atoms with Crippen molar-refractivity contribution in [3.05, 3.63) is 36.1 Å². The molecule has 1 atom stereocenters. The minimum absolute atomic E-state index is 0.178. The molecule has 1 aromatic carbocycles. The van der Waals surface area contributed by atoms with Crippen LogP contribution in [0.1, 0.15) is 13.8 Å². The lowest BCUT2D eigenvalue weighted by molar-refractivity contribution is -0.392. The summed E-state index contributed by atoms with van der Waals surface area (Å²) in [5, 5.41) is 4.08. The van der Waals surface area contributed by atoms with Gasteiger partial charge in [0.1, 0.15) is 11.9 Å². The van der Waals surface area contributed by atoms with Crippen molar-refractivity contribution in [3.63, 3.8) is 0 Å². The average Bonchev–Trinajstić information content (AvgIpc) is 2.42. The maximum atomic E-state index is 11.9. The highest BCUT2D eigenvalue weighted by Gasteiger charge is 2.33. The van der Waals surface area contributed by atoms with E-state index in [9.17, 15) is 4.39 Å². The number of methoxy groups -OCH3 is 1. The van der Waals surface area contributed by atoms with E-state index in [1.807, 2.05) is 5.17 Å². The van der Waals surface area contributed by atoms with Gasteiger partial charge in [-0.1, -0.05) is 32.0 Å². The first-order valence-corrected chi connectivity index (χ1v) is 6.59. The zero-order valence-corrected chi connectivity index (χ0v) is 11.9. The molecular weight excluding hydrogens is 247 g/mol. The minimum Gasteiger partial charge on any atom is -0.383 e.